The highest BCUT2D eigenvalue weighted by molar-refractivity contribution is 7.85. The van der Waals surface area contributed by atoms with Gasteiger partial charge in [0.15, 0.2) is 6.61 Å². The minimum absolute atomic E-state index is 0.0394. The first kappa shape index (κ1) is 17.2. The molecule has 2 rings (SSSR count). The molecule has 0 saturated heterocycles. The molecule has 0 saturated carbocycles. The molecule has 5 heteroatoms. The van der Waals surface area contributed by atoms with Gasteiger partial charge in [-0.25, -0.2) is 0 Å². The molecule has 0 aliphatic rings. The lowest BCUT2D eigenvalue weighted by Gasteiger charge is -2.10. The van der Waals surface area contributed by atoms with E-state index in [4.69, 9.17) is 4.74 Å². The minimum atomic E-state index is -1.10. The molecular formula is C18H21NO3S. The van der Waals surface area contributed by atoms with Gasteiger partial charge in [0.25, 0.3) is 5.91 Å². The fourth-order valence-corrected chi connectivity index (χ4v) is 3.01. The summed E-state index contributed by atoms with van der Waals surface area (Å²) in [6, 6.07) is 15.1. The summed E-state index contributed by atoms with van der Waals surface area (Å²) in [5, 5.41) is 2.73. The zero-order chi connectivity index (χ0) is 16.7. The molecule has 0 heterocycles. The van der Waals surface area contributed by atoms with Crippen LogP contribution in [-0.4, -0.2) is 29.0 Å². The second kappa shape index (κ2) is 8.48. The van der Waals surface area contributed by atoms with Crippen LogP contribution < -0.4 is 10.1 Å². The Bertz CT molecular complexity index is 686. The maximum Gasteiger partial charge on any atom is 0.257 e. The molecule has 0 bridgehead atoms. The first-order valence-corrected chi connectivity index (χ1v) is 8.78. The number of nitrogens with one attached hydrogen (secondary N) is 1. The van der Waals surface area contributed by atoms with Gasteiger partial charge in [0, 0.05) is 17.2 Å². The summed E-state index contributed by atoms with van der Waals surface area (Å²) >= 11 is 0. The fraction of sp³-hybridized carbons (Fsp3) is 0.278. The van der Waals surface area contributed by atoms with Gasteiger partial charge in [-0.05, 0) is 43.2 Å². The van der Waals surface area contributed by atoms with Crippen LogP contribution >= 0.6 is 0 Å². The summed E-state index contributed by atoms with van der Waals surface area (Å²) < 4.78 is 17.5. The molecular weight excluding hydrogens is 310 g/mol. The van der Waals surface area contributed by atoms with Gasteiger partial charge < -0.3 is 10.1 Å². The summed E-state index contributed by atoms with van der Waals surface area (Å²) in [7, 11) is -1.10. The van der Waals surface area contributed by atoms with E-state index < -0.39 is 10.8 Å². The Kier molecular flexibility index (Phi) is 6.35. The fourth-order valence-electron chi connectivity index (χ4n) is 2.03. The van der Waals surface area contributed by atoms with E-state index in [1.54, 1.807) is 0 Å². The molecule has 0 unspecified atom stereocenters. The van der Waals surface area contributed by atoms with E-state index >= 15 is 0 Å². The van der Waals surface area contributed by atoms with E-state index in [-0.39, 0.29) is 12.5 Å². The molecule has 2 aromatic carbocycles. The molecule has 1 amide bonds. The van der Waals surface area contributed by atoms with Gasteiger partial charge in [0.05, 0.1) is 10.8 Å². The predicted octanol–water partition coefficient (Wildman–Crippen LogP) is 2.61. The van der Waals surface area contributed by atoms with Crippen LogP contribution in [0, 0.1) is 13.8 Å². The lowest BCUT2D eigenvalue weighted by atomic mass is 10.1. The van der Waals surface area contributed by atoms with E-state index in [1.807, 2.05) is 62.4 Å². The standard InChI is InChI=1S/C18H21NO3S/c1-14-8-9-15(2)17(12-14)22-13-18(20)19-10-11-23(21)16-6-4-3-5-7-16/h3-9,12H,10-11,13H2,1-2H3,(H,19,20)/t23-/m1/s1. The molecule has 4 nitrogen and oxygen atoms in total. The Morgan fingerprint density at radius 1 is 1.13 bits per heavy atom. The van der Waals surface area contributed by atoms with E-state index in [2.05, 4.69) is 5.32 Å². The highest BCUT2D eigenvalue weighted by atomic mass is 32.2. The van der Waals surface area contributed by atoms with E-state index in [1.165, 1.54) is 0 Å². The summed E-state index contributed by atoms with van der Waals surface area (Å²) in [5.74, 6) is 0.892. The number of benzene rings is 2. The predicted molar refractivity (Wildman–Crippen MR) is 92.1 cm³/mol. The molecule has 0 spiro atoms. The Morgan fingerprint density at radius 2 is 1.87 bits per heavy atom. The zero-order valence-corrected chi connectivity index (χ0v) is 14.2. The van der Waals surface area contributed by atoms with Crippen molar-refractivity contribution < 1.29 is 13.7 Å². The first-order valence-electron chi connectivity index (χ1n) is 7.46. The Balaban J connectivity index is 1.73. The van der Waals surface area contributed by atoms with Gasteiger partial charge in [-0.2, -0.15) is 0 Å². The second-order valence-corrected chi connectivity index (χ2v) is 6.84. The summed E-state index contributed by atoms with van der Waals surface area (Å²) in [6.45, 7) is 4.24. The van der Waals surface area contributed by atoms with Crippen molar-refractivity contribution in [2.45, 2.75) is 18.7 Å². The number of amides is 1. The average molecular weight is 331 g/mol. The molecule has 1 N–H and O–H groups in total. The molecule has 2 aromatic rings. The second-order valence-electron chi connectivity index (χ2n) is 5.27. The number of aryl methyl sites for hydroxylation is 2. The Morgan fingerprint density at radius 3 is 2.61 bits per heavy atom. The van der Waals surface area contributed by atoms with Crippen molar-refractivity contribution >= 4 is 16.7 Å². The van der Waals surface area contributed by atoms with Crippen molar-refractivity contribution in [2.75, 3.05) is 18.9 Å². The van der Waals surface area contributed by atoms with Crippen LogP contribution in [0.1, 0.15) is 11.1 Å². The summed E-state index contributed by atoms with van der Waals surface area (Å²) in [5.41, 5.74) is 2.08. The smallest absolute Gasteiger partial charge is 0.257 e. The number of ether oxygens (including phenoxy) is 1. The molecule has 0 aliphatic carbocycles. The largest absolute Gasteiger partial charge is 0.483 e. The maximum absolute atomic E-state index is 12.0. The van der Waals surface area contributed by atoms with E-state index in [0.717, 1.165) is 16.0 Å². The van der Waals surface area contributed by atoms with Crippen molar-refractivity contribution in [3.8, 4) is 5.75 Å². The lowest BCUT2D eigenvalue weighted by Crippen LogP contribution is -2.32. The molecule has 0 aromatic heterocycles. The third-order valence-corrected chi connectivity index (χ3v) is 4.69. The van der Waals surface area contributed by atoms with Crippen molar-refractivity contribution in [1.82, 2.24) is 5.32 Å². The van der Waals surface area contributed by atoms with Crippen molar-refractivity contribution in [3.05, 3.63) is 59.7 Å². The number of hydrogen-bond acceptors (Lipinski definition) is 3. The molecule has 0 radical (unpaired) electrons. The van der Waals surface area contributed by atoms with Gasteiger partial charge >= 0.3 is 0 Å². The van der Waals surface area contributed by atoms with Crippen LogP contribution in [0.3, 0.4) is 0 Å². The van der Waals surface area contributed by atoms with Gasteiger partial charge in [-0.15, -0.1) is 0 Å². The third-order valence-electron chi connectivity index (χ3n) is 3.32. The number of carbonyl (C=O) groups is 1. The van der Waals surface area contributed by atoms with Crippen LogP contribution in [0.5, 0.6) is 5.75 Å². The zero-order valence-electron chi connectivity index (χ0n) is 13.4. The average Bonchev–Trinajstić information content (AvgIpc) is 2.56. The molecule has 122 valence electrons. The van der Waals surface area contributed by atoms with Gasteiger partial charge in [-0.1, -0.05) is 30.3 Å². The van der Waals surface area contributed by atoms with Gasteiger partial charge in [0.1, 0.15) is 5.75 Å². The number of carbonyl (C=O) groups excluding carboxylic acids is 1. The Hall–Kier alpha value is -2.14. The molecule has 1 atom stereocenters. The SMILES string of the molecule is Cc1ccc(C)c(OCC(=O)NCC[S@@](=O)c2ccccc2)c1. The summed E-state index contributed by atoms with van der Waals surface area (Å²) in [6.07, 6.45) is 0. The number of hydrogen-bond donors (Lipinski definition) is 1. The van der Waals surface area contributed by atoms with Crippen LogP contribution in [0.2, 0.25) is 0 Å². The van der Waals surface area contributed by atoms with Crippen LogP contribution in [0.15, 0.2) is 53.4 Å². The highest BCUT2D eigenvalue weighted by Gasteiger charge is 2.07. The van der Waals surface area contributed by atoms with E-state index in [9.17, 15) is 9.00 Å². The van der Waals surface area contributed by atoms with Crippen LogP contribution in [0.4, 0.5) is 0 Å². The number of rotatable bonds is 7. The van der Waals surface area contributed by atoms with Gasteiger partial charge in [-0.3, -0.25) is 9.00 Å². The third kappa shape index (κ3) is 5.53. The maximum atomic E-state index is 12.0. The van der Waals surface area contributed by atoms with Crippen molar-refractivity contribution in [2.24, 2.45) is 0 Å². The monoisotopic (exact) mass is 331 g/mol. The van der Waals surface area contributed by atoms with Crippen LogP contribution in [-0.2, 0) is 15.6 Å². The highest BCUT2D eigenvalue weighted by Crippen LogP contribution is 2.18. The first-order chi connectivity index (χ1) is 11.1. The minimum Gasteiger partial charge on any atom is -0.483 e. The van der Waals surface area contributed by atoms with Crippen molar-refractivity contribution in [1.29, 1.82) is 0 Å². The topological polar surface area (TPSA) is 55.4 Å². The molecule has 0 fully saturated rings. The molecule has 0 aliphatic heterocycles. The van der Waals surface area contributed by atoms with E-state index in [0.29, 0.717) is 18.0 Å². The summed E-state index contributed by atoms with van der Waals surface area (Å²) in [4.78, 5) is 12.6. The molecule has 23 heavy (non-hydrogen) atoms. The van der Waals surface area contributed by atoms with Crippen LogP contribution in [0.25, 0.3) is 0 Å². The lowest BCUT2D eigenvalue weighted by molar-refractivity contribution is -0.122. The Labute approximate surface area is 139 Å². The van der Waals surface area contributed by atoms with Crippen molar-refractivity contribution in [3.63, 3.8) is 0 Å². The normalized spacial score (nSPS) is 11.7. The quantitative estimate of drug-likeness (QED) is 0.848. The van der Waals surface area contributed by atoms with Gasteiger partial charge in [0.2, 0.25) is 0 Å².